The zero-order valence-electron chi connectivity index (χ0n) is 23.1. The summed E-state index contributed by atoms with van der Waals surface area (Å²) in [5.41, 5.74) is -0.743. The van der Waals surface area contributed by atoms with E-state index in [0.717, 1.165) is 29.8 Å². The molecule has 2 aromatic carbocycles. The van der Waals surface area contributed by atoms with Crippen LogP contribution in [0.5, 0.6) is 0 Å². The molecule has 0 amide bonds. The van der Waals surface area contributed by atoms with Gasteiger partial charge in [-0.3, -0.25) is 14.6 Å². The molecule has 1 unspecified atom stereocenters. The highest BCUT2D eigenvalue weighted by Gasteiger charge is 2.34. The Kier molecular flexibility index (Phi) is 9.01. The number of carbonyl (C=O) groups is 2. The van der Waals surface area contributed by atoms with Gasteiger partial charge < -0.3 is 9.30 Å². The molecule has 1 atom stereocenters. The number of nitrogens with zero attached hydrogens (tertiary/aromatic N) is 2. The maximum absolute atomic E-state index is 13.7. The quantitative estimate of drug-likeness (QED) is 0.202. The molecule has 2 aromatic heterocycles. The molecule has 0 fully saturated rings. The van der Waals surface area contributed by atoms with Crippen molar-refractivity contribution in [3.05, 3.63) is 123 Å². The van der Waals surface area contributed by atoms with Gasteiger partial charge in [-0.05, 0) is 91.6 Å². The highest BCUT2D eigenvalue weighted by Crippen LogP contribution is 2.38. The molecular weight excluding hydrogens is 569 g/mol. The van der Waals surface area contributed by atoms with Gasteiger partial charge >= 0.3 is 12.1 Å². The summed E-state index contributed by atoms with van der Waals surface area (Å²) in [5.74, 6) is -0.790. The van der Waals surface area contributed by atoms with E-state index in [1.54, 1.807) is 69.6 Å². The molecule has 0 aliphatic heterocycles. The van der Waals surface area contributed by atoms with Crippen LogP contribution in [0.3, 0.4) is 0 Å². The van der Waals surface area contributed by atoms with Crippen molar-refractivity contribution in [3.8, 4) is 11.1 Å². The van der Waals surface area contributed by atoms with E-state index in [9.17, 15) is 27.6 Å². The Morgan fingerprint density at radius 1 is 0.929 bits per heavy atom. The smallest absolute Gasteiger partial charge is 0.417 e. The van der Waals surface area contributed by atoms with Crippen LogP contribution in [0.25, 0.3) is 11.1 Å². The number of carbonyl (C=O) groups excluding carboxylic acids is 2. The average molecular weight is 597 g/mol. The summed E-state index contributed by atoms with van der Waals surface area (Å²) < 4.78 is 47.6. The van der Waals surface area contributed by atoms with Gasteiger partial charge in [-0.15, -0.1) is 0 Å². The first kappa shape index (κ1) is 30.7. The lowest BCUT2D eigenvalue weighted by Crippen LogP contribution is -2.31. The maximum Gasteiger partial charge on any atom is 0.417 e. The van der Waals surface area contributed by atoms with Crippen molar-refractivity contribution < 1.29 is 27.5 Å². The molecule has 0 saturated carbocycles. The lowest BCUT2D eigenvalue weighted by molar-refractivity contribution is -0.137. The molecule has 218 valence electrons. The van der Waals surface area contributed by atoms with Crippen LogP contribution in [0.4, 0.5) is 13.2 Å². The van der Waals surface area contributed by atoms with Gasteiger partial charge in [-0.25, -0.2) is 4.79 Å². The molecule has 0 spiro atoms. The van der Waals surface area contributed by atoms with Crippen molar-refractivity contribution in [2.24, 2.45) is 0 Å². The van der Waals surface area contributed by atoms with Crippen LogP contribution in [-0.4, -0.2) is 26.9 Å². The molecule has 0 radical (unpaired) electrons. The van der Waals surface area contributed by atoms with Gasteiger partial charge in [-0.1, -0.05) is 23.7 Å². The highest BCUT2D eigenvalue weighted by atomic mass is 35.5. The average Bonchev–Trinajstić information content (AvgIpc) is 2.91. The fraction of sp³-hybridized carbons (Fsp3) is 0.250. The minimum absolute atomic E-state index is 0.0268. The molecule has 0 aliphatic rings. The van der Waals surface area contributed by atoms with Crippen molar-refractivity contribution >= 4 is 23.4 Å². The minimum atomic E-state index is -4.66. The number of pyridine rings is 2. The van der Waals surface area contributed by atoms with E-state index < -0.39 is 34.9 Å². The number of hydrogen-bond donors (Lipinski definition) is 0. The molecule has 4 rings (SSSR count). The number of benzene rings is 2. The topological polar surface area (TPSA) is 78.3 Å². The third kappa shape index (κ3) is 7.73. The Bertz CT molecular complexity index is 1640. The van der Waals surface area contributed by atoms with Crippen molar-refractivity contribution in [3.63, 3.8) is 0 Å². The van der Waals surface area contributed by atoms with E-state index in [0.29, 0.717) is 11.1 Å². The zero-order chi connectivity index (χ0) is 30.7. The summed E-state index contributed by atoms with van der Waals surface area (Å²) in [6.45, 7) is 5.29. The lowest BCUT2D eigenvalue weighted by Gasteiger charge is -2.21. The van der Waals surface area contributed by atoms with E-state index in [-0.39, 0.29) is 34.8 Å². The maximum atomic E-state index is 13.7. The van der Waals surface area contributed by atoms with E-state index in [4.69, 9.17) is 16.3 Å². The molecule has 10 heteroatoms. The summed E-state index contributed by atoms with van der Waals surface area (Å²) in [7, 11) is 0. The molecule has 0 aliphatic carbocycles. The number of halogens is 4. The predicted molar refractivity (Wildman–Crippen MR) is 153 cm³/mol. The Morgan fingerprint density at radius 2 is 1.60 bits per heavy atom. The summed E-state index contributed by atoms with van der Waals surface area (Å²) in [4.78, 5) is 43.3. The number of rotatable bonds is 8. The van der Waals surface area contributed by atoms with Gasteiger partial charge in [0, 0.05) is 42.5 Å². The van der Waals surface area contributed by atoms with Crippen LogP contribution < -0.4 is 5.56 Å². The summed E-state index contributed by atoms with van der Waals surface area (Å²) >= 11 is 5.98. The molecule has 4 aromatic rings. The van der Waals surface area contributed by atoms with E-state index in [2.05, 4.69) is 4.98 Å². The van der Waals surface area contributed by atoms with Crippen LogP contribution in [-0.2, 0) is 28.5 Å². The fourth-order valence-electron chi connectivity index (χ4n) is 4.44. The Hall–Kier alpha value is -4.24. The first-order valence-electron chi connectivity index (χ1n) is 13.0. The third-order valence-corrected chi connectivity index (χ3v) is 6.63. The first-order valence-corrected chi connectivity index (χ1v) is 13.4. The van der Waals surface area contributed by atoms with Gasteiger partial charge in [0.2, 0.25) is 0 Å². The number of Topliss-reactive ketones (excluding diaryl/α,β-unsaturated/α-hetero) is 1. The number of hydrogen-bond acceptors (Lipinski definition) is 5. The van der Waals surface area contributed by atoms with Crippen molar-refractivity contribution in [1.29, 1.82) is 0 Å². The second-order valence-electron chi connectivity index (χ2n) is 10.8. The fourth-order valence-corrected chi connectivity index (χ4v) is 4.61. The van der Waals surface area contributed by atoms with Gasteiger partial charge in [0.25, 0.3) is 5.56 Å². The second kappa shape index (κ2) is 12.3. The van der Waals surface area contributed by atoms with Crippen LogP contribution >= 0.6 is 11.6 Å². The molecule has 42 heavy (non-hydrogen) atoms. The molecule has 0 saturated heterocycles. The van der Waals surface area contributed by atoms with Gasteiger partial charge in [0.05, 0.1) is 17.2 Å². The summed E-state index contributed by atoms with van der Waals surface area (Å²) in [6, 6.07) is 14.5. The first-order chi connectivity index (χ1) is 19.7. The second-order valence-corrected chi connectivity index (χ2v) is 11.2. The molecule has 0 N–H and O–H groups in total. The summed E-state index contributed by atoms with van der Waals surface area (Å²) in [6.07, 6.45) is -0.0970. The Balaban J connectivity index is 1.66. The van der Waals surface area contributed by atoms with Crippen molar-refractivity contribution in [2.75, 3.05) is 0 Å². The van der Waals surface area contributed by atoms with Crippen molar-refractivity contribution in [1.82, 2.24) is 9.55 Å². The monoisotopic (exact) mass is 596 g/mol. The van der Waals surface area contributed by atoms with Gasteiger partial charge in [-0.2, -0.15) is 13.2 Å². The molecular formula is C32H28ClF3N2O4. The van der Waals surface area contributed by atoms with Gasteiger partial charge in [0.1, 0.15) is 5.60 Å². The van der Waals surface area contributed by atoms with Crippen LogP contribution in [0, 0.1) is 0 Å². The molecule has 6 nitrogen and oxygen atoms in total. The largest absolute Gasteiger partial charge is 0.456 e. The van der Waals surface area contributed by atoms with E-state index in [1.807, 2.05) is 0 Å². The number of aromatic nitrogens is 2. The van der Waals surface area contributed by atoms with Crippen LogP contribution in [0.2, 0.25) is 5.02 Å². The summed E-state index contributed by atoms with van der Waals surface area (Å²) in [5, 5.41) is 0.0885. The SMILES string of the molecule is CC(C)(C)OC(=O)c1ccc(CC(=O)C(Cc2ccncc2)n2ccc(-c3cc(Cl)ccc3C(F)(F)F)cc2=O)cc1. The predicted octanol–water partition coefficient (Wildman–Crippen LogP) is 7.13. The lowest BCUT2D eigenvalue weighted by atomic mass is 9.96. The van der Waals surface area contributed by atoms with Crippen molar-refractivity contribution in [2.45, 2.75) is 51.4 Å². The van der Waals surface area contributed by atoms with Gasteiger partial charge in [0.15, 0.2) is 5.78 Å². The normalized spacial score (nSPS) is 12.5. The third-order valence-electron chi connectivity index (χ3n) is 6.40. The Labute approximate surface area is 245 Å². The number of esters is 1. The minimum Gasteiger partial charge on any atom is -0.456 e. The van der Waals surface area contributed by atoms with E-state index in [1.165, 1.54) is 16.8 Å². The standard InChI is InChI=1S/C32H28ClF3N2O4/c1-31(2,3)42-30(41)22-6-4-20(5-7-22)17-28(39)27(16-21-10-13-37-14-11-21)38-15-12-23(18-29(38)40)25-19-24(33)8-9-26(25)32(34,35)36/h4-15,18-19,27H,16-17H2,1-3H3. The Morgan fingerprint density at radius 3 is 2.19 bits per heavy atom. The molecule has 0 bridgehead atoms. The number of alkyl halides is 3. The number of ketones is 1. The molecule has 2 heterocycles. The zero-order valence-corrected chi connectivity index (χ0v) is 23.9. The number of ether oxygens (including phenoxy) is 1. The van der Waals surface area contributed by atoms with E-state index >= 15 is 0 Å². The van der Waals surface area contributed by atoms with Crippen LogP contribution in [0.15, 0.2) is 90.1 Å². The highest BCUT2D eigenvalue weighted by molar-refractivity contribution is 6.30. The van der Waals surface area contributed by atoms with Crippen LogP contribution in [0.1, 0.15) is 53.9 Å².